The van der Waals surface area contributed by atoms with Crippen molar-refractivity contribution in [3.63, 3.8) is 0 Å². The molecule has 1 aliphatic rings. The summed E-state index contributed by atoms with van der Waals surface area (Å²) in [6, 6.07) is 6.11. The maximum atomic E-state index is 12.3. The van der Waals surface area contributed by atoms with Gasteiger partial charge in [0.25, 0.3) is 0 Å². The summed E-state index contributed by atoms with van der Waals surface area (Å²) in [5.41, 5.74) is 1.62. The lowest BCUT2D eigenvalue weighted by Crippen LogP contribution is -2.45. The molecule has 1 heterocycles. The number of amides is 2. The van der Waals surface area contributed by atoms with Crippen LogP contribution in [-0.4, -0.2) is 30.6 Å². The van der Waals surface area contributed by atoms with Crippen LogP contribution in [0.3, 0.4) is 0 Å². The Bertz CT molecular complexity index is 619. The minimum Gasteiger partial charge on any atom is -0.461 e. The van der Waals surface area contributed by atoms with Crippen LogP contribution >= 0.6 is 23.4 Å². The fourth-order valence-corrected chi connectivity index (χ4v) is 2.64. The van der Waals surface area contributed by atoms with Crippen LogP contribution in [0.25, 0.3) is 0 Å². The molecule has 0 aromatic heterocycles. The molecule has 1 aliphatic heterocycles. The molecule has 1 atom stereocenters. The molecule has 0 saturated heterocycles. The number of allylic oxidation sites excluding steroid dienone is 1. The number of esters is 1. The fourth-order valence-electron chi connectivity index (χ4n) is 2.20. The number of nitrogens with one attached hydrogen (secondary N) is 2. The van der Waals surface area contributed by atoms with E-state index >= 15 is 0 Å². The highest BCUT2D eigenvalue weighted by Crippen LogP contribution is 2.29. The van der Waals surface area contributed by atoms with E-state index in [1.54, 1.807) is 36.9 Å². The van der Waals surface area contributed by atoms with E-state index in [0.717, 1.165) is 11.3 Å². The summed E-state index contributed by atoms with van der Waals surface area (Å²) in [6.45, 7) is 2.01. The molecule has 0 saturated carbocycles. The predicted molar refractivity (Wildman–Crippen MR) is 87.9 cm³/mol. The molecule has 2 rings (SSSR count). The van der Waals surface area contributed by atoms with Crippen LogP contribution < -0.4 is 10.6 Å². The van der Waals surface area contributed by atoms with Gasteiger partial charge in [-0.1, -0.05) is 23.7 Å². The second-order valence-corrected chi connectivity index (χ2v) is 6.18. The molecule has 1 aromatic carbocycles. The normalized spacial score (nSPS) is 17.8. The molecule has 0 spiro atoms. The predicted octanol–water partition coefficient (Wildman–Crippen LogP) is 2.87. The van der Waals surface area contributed by atoms with Gasteiger partial charge in [-0.2, -0.15) is 11.8 Å². The van der Waals surface area contributed by atoms with Gasteiger partial charge in [-0.15, -0.1) is 0 Å². The molecule has 0 fully saturated rings. The third-order valence-corrected chi connectivity index (χ3v) is 4.00. The molecule has 1 unspecified atom stereocenters. The maximum Gasteiger partial charge on any atom is 0.338 e. The van der Waals surface area contributed by atoms with Gasteiger partial charge in [0, 0.05) is 16.5 Å². The standard InChI is InChI=1S/C15H17ClN2O3S/c1-9-12(14(19)21-6-7-22-2)13(18-15(20)17-9)10-4-3-5-11(16)8-10/h3-5,8,13H,6-7H2,1-2H3,(H2,17,18,20). The number of rotatable bonds is 5. The highest BCUT2D eigenvalue weighted by Gasteiger charge is 2.32. The smallest absolute Gasteiger partial charge is 0.338 e. The van der Waals surface area contributed by atoms with E-state index in [1.807, 2.05) is 12.3 Å². The van der Waals surface area contributed by atoms with Gasteiger partial charge in [-0.3, -0.25) is 0 Å². The summed E-state index contributed by atoms with van der Waals surface area (Å²) in [4.78, 5) is 24.1. The van der Waals surface area contributed by atoms with E-state index in [1.165, 1.54) is 0 Å². The number of hydrogen-bond acceptors (Lipinski definition) is 4. The third-order valence-electron chi connectivity index (χ3n) is 3.19. The number of urea groups is 1. The van der Waals surface area contributed by atoms with Crippen LogP contribution in [0, 0.1) is 0 Å². The van der Waals surface area contributed by atoms with Gasteiger partial charge in [0.1, 0.15) is 6.61 Å². The summed E-state index contributed by atoms with van der Waals surface area (Å²) in [7, 11) is 0. The highest BCUT2D eigenvalue weighted by atomic mass is 35.5. The van der Waals surface area contributed by atoms with Gasteiger partial charge < -0.3 is 15.4 Å². The minimum absolute atomic E-state index is 0.326. The van der Waals surface area contributed by atoms with Gasteiger partial charge in [-0.05, 0) is 30.9 Å². The SMILES string of the molecule is CSCCOC(=O)C1=C(C)NC(=O)NC1c1cccc(Cl)c1. The summed E-state index contributed by atoms with van der Waals surface area (Å²) in [6.07, 6.45) is 1.94. The lowest BCUT2D eigenvalue weighted by Gasteiger charge is -2.28. The number of thioether (sulfide) groups is 1. The zero-order valence-corrected chi connectivity index (χ0v) is 13.9. The zero-order chi connectivity index (χ0) is 16.1. The van der Waals surface area contributed by atoms with Crippen LogP contribution in [0.2, 0.25) is 5.02 Å². The number of carbonyl (C=O) groups excluding carboxylic acids is 2. The van der Waals surface area contributed by atoms with Gasteiger partial charge >= 0.3 is 12.0 Å². The highest BCUT2D eigenvalue weighted by molar-refractivity contribution is 7.98. The van der Waals surface area contributed by atoms with Gasteiger partial charge in [0.15, 0.2) is 0 Å². The number of ether oxygens (including phenoxy) is 1. The molecule has 118 valence electrons. The first-order chi connectivity index (χ1) is 10.5. The summed E-state index contributed by atoms with van der Waals surface area (Å²) >= 11 is 7.60. The number of carbonyl (C=O) groups is 2. The van der Waals surface area contributed by atoms with Crippen molar-refractivity contribution < 1.29 is 14.3 Å². The lowest BCUT2D eigenvalue weighted by molar-refractivity contribution is -0.138. The Balaban J connectivity index is 2.30. The van der Waals surface area contributed by atoms with Gasteiger partial charge in [-0.25, -0.2) is 9.59 Å². The summed E-state index contributed by atoms with van der Waals surface area (Å²) < 4.78 is 5.27. The maximum absolute atomic E-state index is 12.3. The summed E-state index contributed by atoms with van der Waals surface area (Å²) in [5, 5.41) is 5.88. The van der Waals surface area contributed by atoms with Crippen LogP contribution in [0.15, 0.2) is 35.5 Å². The zero-order valence-electron chi connectivity index (χ0n) is 12.3. The average Bonchev–Trinajstić information content (AvgIpc) is 2.46. The second-order valence-electron chi connectivity index (χ2n) is 4.75. The van der Waals surface area contributed by atoms with E-state index in [9.17, 15) is 9.59 Å². The number of benzene rings is 1. The molecule has 0 radical (unpaired) electrons. The average molecular weight is 341 g/mol. The van der Waals surface area contributed by atoms with Crippen molar-refractivity contribution in [2.45, 2.75) is 13.0 Å². The van der Waals surface area contributed by atoms with Crippen molar-refractivity contribution in [3.8, 4) is 0 Å². The van der Waals surface area contributed by atoms with E-state index in [4.69, 9.17) is 16.3 Å². The van der Waals surface area contributed by atoms with Crippen molar-refractivity contribution in [1.29, 1.82) is 0 Å². The van der Waals surface area contributed by atoms with Gasteiger partial charge in [0.05, 0.1) is 11.6 Å². The molecule has 22 heavy (non-hydrogen) atoms. The van der Waals surface area contributed by atoms with E-state index < -0.39 is 12.0 Å². The molecular formula is C15H17ClN2O3S. The largest absolute Gasteiger partial charge is 0.461 e. The van der Waals surface area contributed by atoms with E-state index in [-0.39, 0.29) is 6.03 Å². The Hall–Kier alpha value is -1.66. The van der Waals surface area contributed by atoms with Crippen molar-refractivity contribution in [2.75, 3.05) is 18.6 Å². The van der Waals surface area contributed by atoms with Crippen LogP contribution in [0.4, 0.5) is 4.79 Å². The first-order valence-corrected chi connectivity index (χ1v) is 8.50. The van der Waals surface area contributed by atoms with Crippen molar-refractivity contribution in [2.24, 2.45) is 0 Å². The molecule has 1 aromatic rings. The first kappa shape index (κ1) is 16.7. The number of hydrogen-bond donors (Lipinski definition) is 2. The summed E-state index contributed by atoms with van der Waals surface area (Å²) in [5.74, 6) is 0.281. The Labute approximate surface area is 138 Å². The fraction of sp³-hybridized carbons (Fsp3) is 0.333. The molecular weight excluding hydrogens is 324 g/mol. The van der Waals surface area contributed by atoms with E-state index in [2.05, 4.69) is 10.6 Å². The molecule has 5 nitrogen and oxygen atoms in total. The Morgan fingerprint density at radius 2 is 2.23 bits per heavy atom. The molecule has 7 heteroatoms. The van der Waals surface area contributed by atoms with Crippen LogP contribution in [0.5, 0.6) is 0 Å². The lowest BCUT2D eigenvalue weighted by atomic mass is 9.96. The van der Waals surface area contributed by atoms with Gasteiger partial charge in [0.2, 0.25) is 0 Å². The monoisotopic (exact) mass is 340 g/mol. The Morgan fingerprint density at radius 1 is 1.45 bits per heavy atom. The quantitative estimate of drug-likeness (QED) is 0.639. The molecule has 0 aliphatic carbocycles. The second kappa shape index (κ2) is 7.56. The Morgan fingerprint density at radius 3 is 2.91 bits per heavy atom. The Kier molecular flexibility index (Phi) is 5.74. The molecule has 2 N–H and O–H groups in total. The van der Waals surface area contributed by atoms with Crippen molar-refractivity contribution >= 4 is 35.4 Å². The van der Waals surface area contributed by atoms with Crippen LogP contribution in [0.1, 0.15) is 18.5 Å². The third kappa shape index (κ3) is 3.96. The van der Waals surface area contributed by atoms with Crippen molar-refractivity contribution in [1.82, 2.24) is 10.6 Å². The van der Waals surface area contributed by atoms with Crippen LogP contribution in [-0.2, 0) is 9.53 Å². The minimum atomic E-state index is -0.575. The van der Waals surface area contributed by atoms with E-state index in [0.29, 0.717) is 22.9 Å². The number of halogens is 1. The van der Waals surface area contributed by atoms with Crippen molar-refractivity contribution in [3.05, 3.63) is 46.1 Å². The topological polar surface area (TPSA) is 67.4 Å². The molecule has 0 bridgehead atoms. The molecule has 2 amide bonds. The first-order valence-electron chi connectivity index (χ1n) is 6.72.